The van der Waals surface area contributed by atoms with E-state index >= 15 is 0 Å². The van der Waals surface area contributed by atoms with Crippen LogP contribution in [0, 0.1) is 13.8 Å². The van der Waals surface area contributed by atoms with Crippen molar-refractivity contribution in [2.24, 2.45) is 0 Å². The van der Waals surface area contributed by atoms with Crippen molar-refractivity contribution in [1.29, 1.82) is 0 Å². The summed E-state index contributed by atoms with van der Waals surface area (Å²) in [6.45, 7) is 9.23. The predicted octanol–water partition coefficient (Wildman–Crippen LogP) is 2.82. The molecule has 126 valence electrons. The molecule has 1 aromatic heterocycles. The van der Waals surface area contributed by atoms with Gasteiger partial charge in [0.15, 0.2) is 5.82 Å². The van der Waals surface area contributed by atoms with Gasteiger partial charge in [0, 0.05) is 38.2 Å². The summed E-state index contributed by atoms with van der Waals surface area (Å²) in [5.41, 5.74) is 4.48. The van der Waals surface area contributed by atoms with Gasteiger partial charge in [0.2, 0.25) is 5.91 Å². The minimum atomic E-state index is 0.228. The number of rotatable bonds is 3. The number of amides is 1. The van der Waals surface area contributed by atoms with Gasteiger partial charge in [-0.15, -0.1) is 10.2 Å². The lowest BCUT2D eigenvalue weighted by Gasteiger charge is -2.35. The van der Waals surface area contributed by atoms with Gasteiger partial charge in [-0.2, -0.15) is 0 Å². The van der Waals surface area contributed by atoms with Crippen molar-refractivity contribution in [3.8, 4) is 11.3 Å². The first-order chi connectivity index (χ1) is 11.6. The minimum absolute atomic E-state index is 0.228. The topological polar surface area (TPSA) is 49.3 Å². The lowest BCUT2D eigenvalue weighted by Crippen LogP contribution is -2.48. The molecular formula is C19H24N4O. The van der Waals surface area contributed by atoms with Crippen LogP contribution in [0.25, 0.3) is 11.3 Å². The summed E-state index contributed by atoms with van der Waals surface area (Å²) >= 11 is 0. The number of aromatic nitrogens is 2. The van der Waals surface area contributed by atoms with Crippen molar-refractivity contribution in [3.05, 3.63) is 41.5 Å². The van der Waals surface area contributed by atoms with E-state index in [4.69, 9.17) is 0 Å². The molecule has 0 radical (unpaired) electrons. The fourth-order valence-corrected chi connectivity index (χ4v) is 3.15. The molecule has 1 saturated heterocycles. The highest BCUT2D eigenvalue weighted by Crippen LogP contribution is 2.23. The van der Waals surface area contributed by atoms with Gasteiger partial charge in [0.25, 0.3) is 0 Å². The number of hydrogen-bond donors (Lipinski definition) is 0. The van der Waals surface area contributed by atoms with E-state index in [0.29, 0.717) is 6.42 Å². The third-order valence-electron chi connectivity index (χ3n) is 4.57. The lowest BCUT2D eigenvalue weighted by molar-refractivity contribution is -0.131. The number of aryl methyl sites for hydroxylation is 2. The number of benzene rings is 1. The van der Waals surface area contributed by atoms with Crippen LogP contribution in [0.4, 0.5) is 5.82 Å². The Kier molecular flexibility index (Phi) is 4.79. The Balaban J connectivity index is 1.70. The zero-order valence-electron chi connectivity index (χ0n) is 14.6. The summed E-state index contributed by atoms with van der Waals surface area (Å²) in [5.74, 6) is 1.11. The van der Waals surface area contributed by atoms with E-state index in [0.717, 1.165) is 43.3 Å². The SMILES string of the molecule is CCC(=O)N1CCN(c2ccc(-c3ccc(C)cc3C)nn2)CC1. The van der Waals surface area contributed by atoms with Gasteiger partial charge in [0.05, 0.1) is 5.69 Å². The first kappa shape index (κ1) is 16.4. The molecule has 0 N–H and O–H groups in total. The molecule has 1 aromatic carbocycles. The fraction of sp³-hybridized carbons (Fsp3) is 0.421. The summed E-state index contributed by atoms with van der Waals surface area (Å²) < 4.78 is 0. The number of carbonyl (C=O) groups excluding carboxylic acids is 1. The van der Waals surface area contributed by atoms with Crippen molar-refractivity contribution >= 4 is 11.7 Å². The highest BCUT2D eigenvalue weighted by atomic mass is 16.2. The van der Waals surface area contributed by atoms with Crippen LogP contribution < -0.4 is 4.90 Å². The average molecular weight is 324 g/mol. The zero-order chi connectivity index (χ0) is 17.1. The molecule has 0 saturated carbocycles. The van der Waals surface area contributed by atoms with Crippen LogP contribution in [-0.4, -0.2) is 47.2 Å². The third-order valence-corrected chi connectivity index (χ3v) is 4.57. The Labute approximate surface area is 143 Å². The van der Waals surface area contributed by atoms with Crippen molar-refractivity contribution in [2.45, 2.75) is 27.2 Å². The zero-order valence-corrected chi connectivity index (χ0v) is 14.6. The molecule has 1 fully saturated rings. The lowest BCUT2D eigenvalue weighted by atomic mass is 10.0. The van der Waals surface area contributed by atoms with Gasteiger partial charge in [-0.1, -0.05) is 30.7 Å². The van der Waals surface area contributed by atoms with E-state index in [-0.39, 0.29) is 5.91 Å². The van der Waals surface area contributed by atoms with Crippen molar-refractivity contribution in [2.75, 3.05) is 31.1 Å². The van der Waals surface area contributed by atoms with Crippen LogP contribution in [0.2, 0.25) is 0 Å². The number of anilines is 1. The molecule has 0 bridgehead atoms. The highest BCUT2D eigenvalue weighted by molar-refractivity contribution is 5.76. The summed E-state index contributed by atoms with van der Waals surface area (Å²) in [7, 11) is 0. The molecule has 3 rings (SSSR count). The Morgan fingerprint density at radius 2 is 1.79 bits per heavy atom. The van der Waals surface area contributed by atoms with Gasteiger partial charge in [-0.05, 0) is 31.5 Å². The van der Waals surface area contributed by atoms with Crippen LogP contribution in [0.15, 0.2) is 30.3 Å². The summed E-state index contributed by atoms with van der Waals surface area (Å²) in [4.78, 5) is 15.9. The highest BCUT2D eigenvalue weighted by Gasteiger charge is 2.21. The van der Waals surface area contributed by atoms with Crippen molar-refractivity contribution < 1.29 is 4.79 Å². The van der Waals surface area contributed by atoms with E-state index in [2.05, 4.69) is 47.1 Å². The van der Waals surface area contributed by atoms with Gasteiger partial charge in [0.1, 0.15) is 0 Å². The van der Waals surface area contributed by atoms with E-state index in [1.54, 1.807) is 0 Å². The second kappa shape index (κ2) is 6.99. The standard InChI is InChI=1S/C19H24N4O/c1-4-19(24)23-11-9-22(10-12-23)18-8-7-17(20-21-18)16-6-5-14(2)13-15(16)3/h5-8,13H,4,9-12H2,1-3H3. The van der Waals surface area contributed by atoms with Gasteiger partial charge in [-0.3, -0.25) is 4.79 Å². The van der Waals surface area contributed by atoms with Crippen LogP contribution in [0.5, 0.6) is 0 Å². The fourth-order valence-electron chi connectivity index (χ4n) is 3.15. The third kappa shape index (κ3) is 3.40. The minimum Gasteiger partial charge on any atom is -0.352 e. The normalized spacial score (nSPS) is 14.8. The number of piperazine rings is 1. The molecule has 0 spiro atoms. The molecule has 1 aliphatic rings. The molecule has 2 heterocycles. The van der Waals surface area contributed by atoms with Crippen LogP contribution in [0.1, 0.15) is 24.5 Å². The van der Waals surface area contributed by atoms with Crippen LogP contribution >= 0.6 is 0 Å². The molecule has 5 heteroatoms. The maximum absolute atomic E-state index is 11.7. The first-order valence-electron chi connectivity index (χ1n) is 8.52. The van der Waals surface area contributed by atoms with E-state index in [1.165, 1.54) is 11.1 Å². The number of hydrogen-bond acceptors (Lipinski definition) is 4. The van der Waals surface area contributed by atoms with Crippen LogP contribution in [0.3, 0.4) is 0 Å². The molecule has 0 atom stereocenters. The van der Waals surface area contributed by atoms with Gasteiger partial charge < -0.3 is 9.80 Å². The summed E-state index contributed by atoms with van der Waals surface area (Å²) in [5, 5.41) is 8.82. The molecule has 5 nitrogen and oxygen atoms in total. The predicted molar refractivity (Wildman–Crippen MR) is 96.0 cm³/mol. The van der Waals surface area contributed by atoms with Gasteiger partial charge >= 0.3 is 0 Å². The van der Waals surface area contributed by atoms with E-state index in [9.17, 15) is 4.79 Å². The monoisotopic (exact) mass is 324 g/mol. The smallest absolute Gasteiger partial charge is 0.222 e. The van der Waals surface area contributed by atoms with E-state index in [1.807, 2.05) is 24.0 Å². The molecular weight excluding hydrogens is 300 g/mol. The Hall–Kier alpha value is -2.43. The second-order valence-corrected chi connectivity index (χ2v) is 6.32. The van der Waals surface area contributed by atoms with Gasteiger partial charge in [-0.25, -0.2) is 0 Å². The van der Waals surface area contributed by atoms with Crippen molar-refractivity contribution in [3.63, 3.8) is 0 Å². The Bertz CT molecular complexity index is 719. The van der Waals surface area contributed by atoms with Crippen molar-refractivity contribution in [1.82, 2.24) is 15.1 Å². The van der Waals surface area contributed by atoms with Crippen LogP contribution in [-0.2, 0) is 4.79 Å². The van der Waals surface area contributed by atoms with E-state index < -0.39 is 0 Å². The maximum atomic E-state index is 11.7. The molecule has 24 heavy (non-hydrogen) atoms. The quantitative estimate of drug-likeness (QED) is 0.871. The Morgan fingerprint density at radius 1 is 1.04 bits per heavy atom. The molecule has 0 unspecified atom stereocenters. The summed E-state index contributed by atoms with van der Waals surface area (Å²) in [6.07, 6.45) is 0.574. The first-order valence-corrected chi connectivity index (χ1v) is 8.52. The molecule has 1 aliphatic heterocycles. The molecule has 2 aromatic rings. The molecule has 1 amide bonds. The second-order valence-electron chi connectivity index (χ2n) is 6.32. The number of carbonyl (C=O) groups is 1. The average Bonchev–Trinajstić information content (AvgIpc) is 2.61. The number of nitrogens with zero attached hydrogens (tertiary/aromatic N) is 4. The molecule has 0 aliphatic carbocycles. The largest absolute Gasteiger partial charge is 0.352 e. The maximum Gasteiger partial charge on any atom is 0.222 e. The summed E-state index contributed by atoms with van der Waals surface area (Å²) in [6, 6.07) is 10.4. The Morgan fingerprint density at radius 3 is 2.38 bits per heavy atom.